The molecule has 1 aliphatic rings. The Morgan fingerprint density at radius 1 is 1.33 bits per heavy atom. The molecule has 2 aromatic rings. The molecular formula is C14H18N4. The van der Waals surface area contributed by atoms with Gasteiger partial charge in [-0.15, -0.1) is 0 Å². The molecule has 0 radical (unpaired) electrons. The maximum absolute atomic E-state index is 4.65. The second-order valence-electron chi connectivity index (χ2n) is 4.99. The number of rotatable bonds is 5. The van der Waals surface area contributed by atoms with E-state index < -0.39 is 0 Å². The van der Waals surface area contributed by atoms with Gasteiger partial charge < -0.3 is 5.32 Å². The van der Waals surface area contributed by atoms with Crippen molar-refractivity contribution in [2.75, 3.05) is 0 Å². The number of nitrogens with zero attached hydrogens (tertiary/aromatic N) is 3. The number of hydrogen-bond acceptors (Lipinski definition) is 3. The number of aryl methyl sites for hydroxylation is 1. The summed E-state index contributed by atoms with van der Waals surface area (Å²) in [4.78, 5) is 4.65. The van der Waals surface area contributed by atoms with Gasteiger partial charge in [0.1, 0.15) is 0 Å². The fourth-order valence-corrected chi connectivity index (χ4v) is 1.97. The van der Waals surface area contributed by atoms with Gasteiger partial charge in [-0.1, -0.05) is 6.07 Å². The second-order valence-corrected chi connectivity index (χ2v) is 4.99. The van der Waals surface area contributed by atoms with Gasteiger partial charge in [0, 0.05) is 18.8 Å². The molecule has 0 saturated heterocycles. The molecule has 0 unspecified atom stereocenters. The van der Waals surface area contributed by atoms with Crippen molar-refractivity contribution in [1.29, 1.82) is 0 Å². The zero-order valence-electron chi connectivity index (χ0n) is 10.6. The second kappa shape index (κ2) is 4.90. The van der Waals surface area contributed by atoms with E-state index in [1.807, 2.05) is 24.0 Å². The van der Waals surface area contributed by atoms with Crippen LogP contribution in [0, 0.1) is 6.92 Å². The van der Waals surface area contributed by atoms with Crippen molar-refractivity contribution >= 4 is 0 Å². The minimum atomic E-state index is 0.726. The molecule has 0 aliphatic heterocycles. The van der Waals surface area contributed by atoms with E-state index in [1.165, 1.54) is 18.4 Å². The van der Waals surface area contributed by atoms with Crippen molar-refractivity contribution in [3.8, 4) is 0 Å². The van der Waals surface area contributed by atoms with Crippen LogP contribution in [0.4, 0.5) is 0 Å². The van der Waals surface area contributed by atoms with E-state index in [0.29, 0.717) is 0 Å². The van der Waals surface area contributed by atoms with Crippen LogP contribution in [0.2, 0.25) is 0 Å². The predicted octanol–water partition coefficient (Wildman–Crippen LogP) is 1.89. The van der Waals surface area contributed by atoms with Gasteiger partial charge in [0.05, 0.1) is 24.1 Å². The summed E-state index contributed by atoms with van der Waals surface area (Å²) >= 11 is 0. The number of hydrogen-bond donors (Lipinski definition) is 1. The Hall–Kier alpha value is -1.68. The Balaban J connectivity index is 1.65. The monoisotopic (exact) mass is 242 g/mol. The number of aromatic nitrogens is 3. The third-order valence-corrected chi connectivity index (χ3v) is 3.10. The molecule has 1 saturated carbocycles. The minimum absolute atomic E-state index is 0.726. The molecule has 0 aromatic carbocycles. The molecule has 0 amide bonds. The third-order valence-electron chi connectivity index (χ3n) is 3.10. The van der Waals surface area contributed by atoms with Gasteiger partial charge in [-0.3, -0.25) is 9.67 Å². The van der Waals surface area contributed by atoms with Crippen molar-refractivity contribution in [3.63, 3.8) is 0 Å². The maximum atomic E-state index is 4.65. The SMILES string of the molecule is Cc1cnn(Cc2cccc(CNC3CC3)n2)c1. The summed E-state index contributed by atoms with van der Waals surface area (Å²) in [5, 5.41) is 7.77. The molecule has 0 spiro atoms. The first-order chi connectivity index (χ1) is 8.79. The fraction of sp³-hybridized carbons (Fsp3) is 0.429. The molecule has 1 aliphatic carbocycles. The van der Waals surface area contributed by atoms with E-state index in [0.717, 1.165) is 30.5 Å². The Labute approximate surface area is 107 Å². The predicted molar refractivity (Wildman–Crippen MR) is 70.2 cm³/mol. The lowest BCUT2D eigenvalue weighted by atomic mass is 10.3. The molecule has 1 N–H and O–H groups in total. The molecule has 4 nitrogen and oxygen atoms in total. The van der Waals surface area contributed by atoms with Crippen molar-refractivity contribution in [2.45, 2.75) is 38.9 Å². The summed E-state index contributed by atoms with van der Waals surface area (Å²) in [5.41, 5.74) is 3.36. The van der Waals surface area contributed by atoms with Crippen LogP contribution >= 0.6 is 0 Å². The van der Waals surface area contributed by atoms with Gasteiger partial charge in [-0.25, -0.2) is 0 Å². The standard InChI is InChI=1S/C14H18N4/c1-11-7-16-18(9-11)10-14-4-2-3-13(17-14)8-15-12-5-6-12/h2-4,7,9,12,15H,5-6,8,10H2,1H3. The lowest BCUT2D eigenvalue weighted by molar-refractivity contribution is 0.648. The Morgan fingerprint density at radius 2 is 2.17 bits per heavy atom. The lowest BCUT2D eigenvalue weighted by Gasteiger charge is -2.05. The van der Waals surface area contributed by atoms with E-state index >= 15 is 0 Å². The number of nitrogens with one attached hydrogen (secondary N) is 1. The summed E-state index contributed by atoms with van der Waals surface area (Å²) in [6, 6.07) is 6.93. The van der Waals surface area contributed by atoms with E-state index in [1.54, 1.807) is 0 Å². The molecule has 0 bridgehead atoms. The molecule has 2 aromatic heterocycles. The highest BCUT2D eigenvalue weighted by Gasteiger charge is 2.20. The highest BCUT2D eigenvalue weighted by atomic mass is 15.3. The molecule has 4 heteroatoms. The van der Waals surface area contributed by atoms with E-state index in [4.69, 9.17) is 0 Å². The Bertz CT molecular complexity index is 528. The topological polar surface area (TPSA) is 42.7 Å². The first-order valence-corrected chi connectivity index (χ1v) is 6.47. The van der Waals surface area contributed by atoms with Crippen molar-refractivity contribution in [1.82, 2.24) is 20.1 Å². The zero-order valence-corrected chi connectivity index (χ0v) is 10.6. The Morgan fingerprint density at radius 3 is 2.89 bits per heavy atom. The summed E-state index contributed by atoms with van der Waals surface area (Å²) in [6.07, 6.45) is 6.54. The molecule has 3 rings (SSSR count). The van der Waals surface area contributed by atoms with Crippen LogP contribution in [0.15, 0.2) is 30.6 Å². The van der Waals surface area contributed by atoms with Crippen LogP contribution < -0.4 is 5.32 Å². The van der Waals surface area contributed by atoms with Crippen molar-refractivity contribution < 1.29 is 0 Å². The maximum Gasteiger partial charge on any atom is 0.0831 e. The van der Waals surface area contributed by atoms with Gasteiger partial charge in [-0.05, 0) is 37.5 Å². The summed E-state index contributed by atoms with van der Waals surface area (Å²) in [6.45, 7) is 3.66. The third kappa shape index (κ3) is 2.96. The van der Waals surface area contributed by atoms with Gasteiger partial charge in [0.25, 0.3) is 0 Å². The van der Waals surface area contributed by atoms with E-state index in [9.17, 15) is 0 Å². The highest BCUT2D eigenvalue weighted by Crippen LogP contribution is 2.19. The normalized spacial score (nSPS) is 14.9. The van der Waals surface area contributed by atoms with E-state index in [2.05, 4.69) is 33.6 Å². The summed E-state index contributed by atoms with van der Waals surface area (Å²) in [5.74, 6) is 0. The Kier molecular flexibility index (Phi) is 3.11. The average molecular weight is 242 g/mol. The molecule has 2 heterocycles. The van der Waals surface area contributed by atoms with Crippen LogP contribution in [0.3, 0.4) is 0 Å². The van der Waals surface area contributed by atoms with Gasteiger partial charge in [0.2, 0.25) is 0 Å². The van der Waals surface area contributed by atoms with Crippen molar-refractivity contribution in [3.05, 3.63) is 47.5 Å². The quantitative estimate of drug-likeness (QED) is 0.870. The largest absolute Gasteiger partial charge is 0.308 e. The molecule has 0 atom stereocenters. The van der Waals surface area contributed by atoms with E-state index in [-0.39, 0.29) is 0 Å². The highest BCUT2D eigenvalue weighted by molar-refractivity contribution is 5.12. The van der Waals surface area contributed by atoms with Gasteiger partial charge in [-0.2, -0.15) is 5.10 Å². The summed E-state index contributed by atoms with van der Waals surface area (Å²) < 4.78 is 1.93. The molecular weight excluding hydrogens is 224 g/mol. The van der Waals surface area contributed by atoms with Crippen LogP contribution in [-0.2, 0) is 13.1 Å². The molecule has 18 heavy (non-hydrogen) atoms. The first kappa shape index (κ1) is 11.4. The molecule has 1 fully saturated rings. The van der Waals surface area contributed by atoms with Crippen LogP contribution in [0.1, 0.15) is 29.8 Å². The number of pyridine rings is 1. The minimum Gasteiger partial charge on any atom is -0.308 e. The molecule has 94 valence electrons. The van der Waals surface area contributed by atoms with Crippen LogP contribution in [0.25, 0.3) is 0 Å². The zero-order chi connectivity index (χ0) is 12.4. The van der Waals surface area contributed by atoms with Crippen LogP contribution in [0.5, 0.6) is 0 Å². The first-order valence-electron chi connectivity index (χ1n) is 6.47. The van der Waals surface area contributed by atoms with Crippen LogP contribution in [-0.4, -0.2) is 20.8 Å². The fourth-order valence-electron chi connectivity index (χ4n) is 1.97. The average Bonchev–Trinajstić information content (AvgIpc) is 3.11. The van der Waals surface area contributed by atoms with Gasteiger partial charge >= 0.3 is 0 Å². The van der Waals surface area contributed by atoms with Gasteiger partial charge in [0.15, 0.2) is 0 Å². The van der Waals surface area contributed by atoms with Crippen molar-refractivity contribution in [2.24, 2.45) is 0 Å². The lowest BCUT2D eigenvalue weighted by Crippen LogP contribution is -2.16. The smallest absolute Gasteiger partial charge is 0.0831 e. The summed E-state index contributed by atoms with van der Waals surface area (Å²) in [7, 11) is 0.